The monoisotopic (exact) mass is 426 g/mol. The number of imidazole rings is 1. The Hall–Kier alpha value is -4.50. The van der Waals surface area contributed by atoms with Crippen LogP contribution in [0.3, 0.4) is 0 Å². The predicted molar refractivity (Wildman–Crippen MR) is 121 cm³/mol. The number of carbonyl (C=O) groups is 1. The molecule has 0 atom stereocenters. The fourth-order valence-electron chi connectivity index (χ4n) is 3.26. The maximum Gasteiger partial charge on any atom is 0.256 e. The zero-order valence-electron chi connectivity index (χ0n) is 18.1. The largest absolute Gasteiger partial charge is 0.372 e. The predicted octanol–water partition coefficient (Wildman–Crippen LogP) is 4.84. The molecule has 1 aromatic heterocycles. The molecule has 9 heteroatoms. The highest BCUT2D eigenvalue weighted by molar-refractivity contribution is 5.93. The number of rotatable bonds is 7. The van der Waals surface area contributed by atoms with Crippen molar-refractivity contribution in [2.75, 3.05) is 23.3 Å². The lowest BCUT2D eigenvalue weighted by Gasteiger charge is -2.22. The Morgan fingerprint density at radius 2 is 1.81 bits per heavy atom. The molecule has 32 heavy (non-hydrogen) atoms. The molecule has 1 heterocycles. The van der Waals surface area contributed by atoms with E-state index in [1.807, 2.05) is 42.5 Å². The Kier molecular flexibility index (Phi) is 6.94. The van der Waals surface area contributed by atoms with E-state index >= 15 is 0 Å². The van der Waals surface area contributed by atoms with Crippen LogP contribution >= 0.6 is 0 Å². The van der Waals surface area contributed by atoms with E-state index in [0.29, 0.717) is 17.1 Å². The van der Waals surface area contributed by atoms with Crippen LogP contribution < -0.4 is 10.2 Å². The summed E-state index contributed by atoms with van der Waals surface area (Å²) in [5.41, 5.74) is 2.55. The number of nitriles is 2. The van der Waals surface area contributed by atoms with Crippen molar-refractivity contribution in [1.29, 1.82) is 10.5 Å². The summed E-state index contributed by atoms with van der Waals surface area (Å²) in [6.07, 6.45) is 0. The van der Waals surface area contributed by atoms with Gasteiger partial charge in [-0.05, 0) is 44.2 Å². The summed E-state index contributed by atoms with van der Waals surface area (Å²) in [7, 11) is 0. The highest BCUT2D eigenvalue weighted by atomic mass is 16.1. The summed E-state index contributed by atoms with van der Waals surface area (Å²) in [5.74, 6) is -0.145. The van der Waals surface area contributed by atoms with Crippen LogP contribution in [-0.2, 0) is 4.79 Å². The highest BCUT2D eigenvalue weighted by Crippen LogP contribution is 2.32. The minimum Gasteiger partial charge on any atom is -0.372 e. The van der Waals surface area contributed by atoms with Gasteiger partial charge < -0.3 is 10.2 Å². The van der Waals surface area contributed by atoms with Gasteiger partial charge >= 0.3 is 0 Å². The van der Waals surface area contributed by atoms with Crippen LogP contribution in [0.15, 0.2) is 58.8 Å². The van der Waals surface area contributed by atoms with Crippen LogP contribution in [0.2, 0.25) is 0 Å². The number of benzene rings is 2. The maximum atomic E-state index is 11.7. The van der Waals surface area contributed by atoms with Gasteiger partial charge in [-0.3, -0.25) is 9.36 Å². The molecule has 1 N–H and O–H groups in total. The zero-order chi connectivity index (χ0) is 23.1. The molecule has 0 bridgehead atoms. The minimum atomic E-state index is -0.234. The van der Waals surface area contributed by atoms with Crippen molar-refractivity contribution in [2.24, 2.45) is 10.2 Å². The standard InChI is InChI=1S/C23H22N8O/c1-4-30(5-2)18-11-12-19(20(13-18)26-16(3)32)28-29-23-27-21(14-24)22(15-25)31(23)17-9-7-6-8-10-17/h6-13H,4-5H2,1-3H3,(H,26,32)/b29-28+. The first-order valence-electron chi connectivity index (χ1n) is 10.1. The average molecular weight is 426 g/mol. The summed E-state index contributed by atoms with van der Waals surface area (Å²) in [6, 6.07) is 18.5. The van der Waals surface area contributed by atoms with Crippen molar-refractivity contribution < 1.29 is 4.79 Å². The van der Waals surface area contributed by atoms with Crippen LogP contribution in [0.1, 0.15) is 32.2 Å². The number of hydrogen-bond acceptors (Lipinski definition) is 7. The first-order chi connectivity index (χ1) is 15.5. The third-order valence-electron chi connectivity index (χ3n) is 4.75. The van der Waals surface area contributed by atoms with Crippen molar-refractivity contribution in [1.82, 2.24) is 9.55 Å². The Balaban J connectivity index is 2.10. The second-order valence-electron chi connectivity index (χ2n) is 6.76. The van der Waals surface area contributed by atoms with Gasteiger partial charge in [-0.15, -0.1) is 10.2 Å². The number of para-hydroxylation sites is 1. The van der Waals surface area contributed by atoms with Crippen LogP contribution in [0.25, 0.3) is 5.69 Å². The van der Waals surface area contributed by atoms with Gasteiger partial charge in [0.05, 0.1) is 5.69 Å². The quantitative estimate of drug-likeness (QED) is 0.542. The molecule has 0 aliphatic rings. The van der Waals surface area contributed by atoms with Gasteiger partial charge in [0.2, 0.25) is 5.91 Å². The van der Waals surface area contributed by atoms with Gasteiger partial charge in [-0.1, -0.05) is 18.2 Å². The smallest absolute Gasteiger partial charge is 0.256 e. The van der Waals surface area contributed by atoms with E-state index in [1.54, 1.807) is 18.2 Å². The molecule has 9 nitrogen and oxygen atoms in total. The minimum absolute atomic E-state index is 0.0377. The Labute approximate surface area is 186 Å². The fraction of sp³-hybridized carbons (Fsp3) is 0.217. The molecule has 0 saturated heterocycles. The van der Waals surface area contributed by atoms with E-state index in [1.165, 1.54) is 11.5 Å². The first-order valence-corrected chi connectivity index (χ1v) is 10.1. The molecule has 1 amide bonds. The summed E-state index contributed by atoms with van der Waals surface area (Å²) in [5, 5.41) is 30.3. The molecule has 0 aliphatic heterocycles. The maximum absolute atomic E-state index is 11.7. The average Bonchev–Trinajstić information content (AvgIpc) is 3.17. The molecule has 3 rings (SSSR count). The topological polar surface area (TPSA) is 122 Å². The van der Waals surface area contributed by atoms with Crippen molar-refractivity contribution in [2.45, 2.75) is 20.8 Å². The van der Waals surface area contributed by atoms with E-state index in [0.717, 1.165) is 18.8 Å². The second kappa shape index (κ2) is 10.0. The summed E-state index contributed by atoms with van der Waals surface area (Å²) < 4.78 is 1.48. The van der Waals surface area contributed by atoms with Gasteiger partial charge in [-0.2, -0.15) is 15.5 Å². The molecule has 0 radical (unpaired) electrons. The number of aromatic nitrogens is 2. The number of nitrogens with zero attached hydrogens (tertiary/aromatic N) is 7. The summed E-state index contributed by atoms with van der Waals surface area (Å²) >= 11 is 0. The lowest BCUT2D eigenvalue weighted by molar-refractivity contribution is -0.114. The van der Waals surface area contributed by atoms with Crippen molar-refractivity contribution in [3.8, 4) is 17.8 Å². The van der Waals surface area contributed by atoms with Gasteiger partial charge in [0, 0.05) is 31.4 Å². The van der Waals surface area contributed by atoms with Gasteiger partial charge in [0.25, 0.3) is 5.95 Å². The van der Waals surface area contributed by atoms with E-state index in [9.17, 15) is 15.3 Å². The number of nitrogens with one attached hydrogen (secondary N) is 1. The summed E-state index contributed by atoms with van der Waals surface area (Å²) in [6.45, 7) is 7.17. The van der Waals surface area contributed by atoms with Crippen molar-refractivity contribution >= 4 is 28.9 Å². The Morgan fingerprint density at radius 3 is 2.41 bits per heavy atom. The molecule has 160 valence electrons. The van der Waals surface area contributed by atoms with Crippen LogP contribution in [-0.4, -0.2) is 28.5 Å². The summed E-state index contributed by atoms with van der Waals surface area (Å²) in [4.78, 5) is 18.1. The van der Waals surface area contributed by atoms with Crippen LogP contribution in [0.5, 0.6) is 0 Å². The Bertz CT molecular complexity index is 1230. The molecular formula is C23H22N8O. The van der Waals surface area contributed by atoms with E-state index in [-0.39, 0.29) is 23.2 Å². The highest BCUT2D eigenvalue weighted by Gasteiger charge is 2.18. The van der Waals surface area contributed by atoms with E-state index in [4.69, 9.17) is 0 Å². The molecule has 0 saturated carbocycles. The molecule has 0 spiro atoms. The lowest BCUT2D eigenvalue weighted by atomic mass is 10.2. The zero-order valence-corrected chi connectivity index (χ0v) is 18.1. The Morgan fingerprint density at radius 1 is 1.09 bits per heavy atom. The first kappa shape index (κ1) is 22.2. The molecule has 3 aromatic rings. The molecule has 2 aromatic carbocycles. The molecule has 0 unspecified atom stereocenters. The lowest BCUT2D eigenvalue weighted by Crippen LogP contribution is -2.21. The molecule has 0 fully saturated rings. The van der Waals surface area contributed by atoms with E-state index < -0.39 is 0 Å². The number of amides is 1. The second-order valence-corrected chi connectivity index (χ2v) is 6.76. The van der Waals surface area contributed by atoms with E-state index in [2.05, 4.69) is 39.3 Å². The number of hydrogen-bond donors (Lipinski definition) is 1. The molecule has 0 aliphatic carbocycles. The SMILES string of the molecule is CCN(CC)c1ccc(/N=N/c2nc(C#N)c(C#N)n2-c2ccccc2)c(NC(C)=O)c1. The van der Waals surface area contributed by atoms with Crippen LogP contribution in [0, 0.1) is 22.7 Å². The number of anilines is 2. The van der Waals surface area contributed by atoms with Crippen LogP contribution in [0.4, 0.5) is 23.0 Å². The van der Waals surface area contributed by atoms with Gasteiger partial charge in [0.15, 0.2) is 11.4 Å². The molecular weight excluding hydrogens is 404 g/mol. The fourth-order valence-corrected chi connectivity index (χ4v) is 3.26. The third kappa shape index (κ3) is 4.63. The van der Waals surface area contributed by atoms with Gasteiger partial charge in [-0.25, -0.2) is 0 Å². The normalized spacial score (nSPS) is 10.5. The van der Waals surface area contributed by atoms with Crippen molar-refractivity contribution in [3.05, 3.63) is 59.9 Å². The number of azo groups is 1. The third-order valence-corrected chi connectivity index (χ3v) is 4.75. The number of carbonyl (C=O) groups excluding carboxylic acids is 1. The van der Waals surface area contributed by atoms with Crippen molar-refractivity contribution in [3.63, 3.8) is 0 Å². The van der Waals surface area contributed by atoms with Gasteiger partial charge in [0.1, 0.15) is 17.8 Å².